The molecule has 2 aliphatic heterocycles. The second-order valence-corrected chi connectivity index (χ2v) is 8.98. The van der Waals surface area contributed by atoms with Gasteiger partial charge in [0.15, 0.2) is 5.69 Å². The van der Waals surface area contributed by atoms with E-state index < -0.39 is 17.9 Å². The van der Waals surface area contributed by atoms with E-state index in [9.17, 15) is 22.8 Å². The van der Waals surface area contributed by atoms with Crippen LogP contribution in [0.25, 0.3) is 0 Å². The van der Waals surface area contributed by atoms with Gasteiger partial charge in [-0.1, -0.05) is 20.8 Å². The Hall–Kier alpha value is -2.23. The maximum absolute atomic E-state index is 13.5. The second-order valence-electron chi connectivity index (χ2n) is 8.98. The van der Waals surface area contributed by atoms with Crippen LogP contribution in [0.2, 0.25) is 0 Å². The number of hydrogen-bond acceptors (Lipinski definition) is 5. The Kier molecular flexibility index (Phi) is 6.88. The van der Waals surface area contributed by atoms with Gasteiger partial charge in [0.1, 0.15) is 5.82 Å². The number of halogens is 3. The van der Waals surface area contributed by atoms with Crippen molar-refractivity contribution >= 4 is 11.8 Å². The summed E-state index contributed by atoms with van der Waals surface area (Å²) >= 11 is 0. The van der Waals surface area contributed by atoms with Gasteiger partial charge in [0.05, 0.1) is 12.2 Å². The van der Waals surface area contributed by atoms with Crippen molar-refractivity contribution in [1.29, 1.82) is 0 Å². The third-order valence-corrected chi connectivity index (χ3v) is 5.85. The maximum Gasteiger partial charge on any atom is 0.433 e. The molecule has 2 atom stereocenters. The van der Waals surface area contributed by atoms with Crippen LogP contribution in [0.1, 0.15) is 68.7 Å². The van der Waals surface area contributed by atoms with Crippen LogP contribution in [0.3, 0.4) is 0 Å². The summed E-state index contributed by atoms with van der Waals surface area (Å²) in [7, 11) is 0. The summed E-state index contributed by atoms with van der Waals surface area (Å²) in [4.78, 5) is 36.1. The van der Waals surface area contributed by atoms with Crippen molar-refractivity contribution in [2.75, 3.05) is 19.6 Å². The van der Waals surface area contributed by atoms with Crippen LogP contribution < -0.4 is 5.73 Å². The molecule has 0 radical (unpaired) electrons. The van der Waals surface area contributed by atoms with E-state index in [4.69, 9.17) is 5.73 Å². The van der Waals surface area contributed by atoms with Gasteiger partial charge < -0.3 is 15.5 Å². The van der Waals surface area contributed by atoms with E-state index in [0.717, 1.165) is 6.42 Å². The molecule has 1 fully saturated rings. The van der Waals surface area contributed by atoms with Gasteiger partial charge in [0.25, 0.3) is 0 Å². The van der Waals surface area contributed by atoms with E-state index >= 15 is 0 Å². The predicted octanol–water partition coefficient (Wildman–Crippen LogP) is 2.48. The summed E-state index contributed by atoms with van der Waals surface area (Å²) in [6, 6.07) is -0.523. The zero-order chi connectivity index (χ0) is 22.9. The Morgan fingerprint density at radius 2 is 1.97 bits per heavy atom. The van der Waals surface area contributed by atoms with Gasteiger partial charge in [-0.2, -0.15) is 13.2 Å². The lowest BCUT2D eigenvalue weighted by atomic mass is 9.98. The highest BCUT2D eigenvalue weighted by Crippen LogP contribution is 2.34. The average Bonchev–Trinajstić information content (AvgIpc) is 2.68. The zero-order valence-corrected chi connectivity index (χ0v) is 18.2. The summed E-state index contributed by atoms with van der Waals surface area (Å²) in [5.74, 6) is 0.0569. The number of carbonyl (C=O) groups excluding carboxylic acids is 2. The minimum absolute atomic E-state index is 0.00584. The van der Waals surface area contributed by atoms with Gasteiger partial charge in [-0.3, -0.25) is 9.59 Å². The fraction of sp³-hybridized carbons (Fsp3) is 0.714. The van der Waals surface area contributed by atoms with Crippen LogP contribution >= 0.6 is 0 Å². The smallest absolute Gasteiger partial charge is 0.341 e. The molecule has 0 unspecified atom stereocenters. The molecule has 0 aliphatic carbocycles. The van der Waals surface area contributed by atoms with E-state index in [2.05, 4.69) is 16.9 Å². The van der Waals surface area contributed by atoms with Crippen LogP contribution in [0.4, 0.5) is 13.2 Å². The highest BCUT2D eigenvalue weighted by atomic mass is 19.4. The first-order valence-corrected chi connectivity index (χ1v) is 10.7. The first-order valence-electron chi connectivity index (χ1n) is 10.7. The van der Waals surface area contributed by atoms with Crippen molar-refractivity contribution in [1.82, 2.24) is 19.8 Å². The molecular formula is C21H30F3N5O2. The average molecular weight is 441 g/mol. The summed E-state index contributed by atoms with van der Waals surface area (Å²) in [5.41, 5.74) is 5.56. The Morgan fingerprint density at radius 3 is 2.61 bits per heavy atom. The van der Waals surface area contributed by atoms with Crippen LogP contribution in [0.15, 0.2) is 0 Å². The Labute approximate surface area is 180 Å². The molecule has 1 aromatic heterocycles. The standard InChI is InChI=1S/C21H30F3N5O2/c1-12(2)20-26-16-11-28(7-6-15(16)19(27-20)21(22,23)24)18(31)8-14(25)10-29-9-13(3)4-5-17(29)30/h12-14H,4-11,25H2,1-3H3/t13-,14+/m1/s1. The third kappa shape index (κ3) is 5.53. The third-order valence-electron chi connectivity index (χ3n) is 5.85. The molecule has 7 nitrogen and oxygen atoms in total. The van der Waals surface area contributed by atoms with E-state index in [1.54, 1.807) is 18.7 Å². The zero-order valence-electron chi connectivity index (χ0n) is 18.2. The molecule has 0 spiro atoms. The minimum Gasteiger partial charge on any atom is -0.341 e. The van der Waals surface area contributed by atoms with Crippen LogP contribution in [0.5, 0.6) is 0 Å². The fourth-order valence-electron chi connectivity index (χ4n) is 4.13. The summed E-state index contributed by atoms with van der Waals surface area (Å²) in [5, 5.41) is 0. The molecule has 3 heterocycles. The van der Waals surface area contributed by atoms with E-state index in [1.807, 2.05) is 0 Å². The van der Waals surface area contributed by atoms with Crippen LogP contribution in [-0.2, 0) is 28.7 Å². The number of likely N-dealkylation sites (tertiary alicyclic amines) is 1. The number of carbonyl (C=O) groups is 2. The Balaban J connectivity index is 1.69. The summed E-state index contributed by atoms with van der Waals surface area (Å²) in [6.07, 6.45) is -3.14. The molecule has 2 amide bonds. The molecule has 2 aliphatic rings. The van der Waals surface area contributed by atoms with Crippen molar-refractivity contribution in [3.05, 3.63) is 22.8 Å². The first-order chi connectivity index (χ1) is 14.5. The van der Waals surface area contributed by atoms with E-state index in [0.29, 0.717) is 25.4 Å². The number of hydrogen-bond donors (Lipinski definition) is 1. The summed E-state index contributed by atoms with van der Waals surface area (Å²) in [6.45, 7) is 6.64. The van der Waals surface area contributed by atoms with Crippen molar-refractivity contribution in [2.45, 2.75) is 71.1 Å². The number of amides is 2. The molecule has 172 valence electrons. The van der Waals surface area contributed by atoms with Crippen molar-refractivity contribution in [2.24, 2.45) is 11.7 Å². The minimum atomic E-state index is -4.57. The van der Waals surface area contributed by atoms with Gasteiger partial charge in [-0.15, -0.1) is 0 Å². The van der Waals surface area contributed by atoms with Gasteiger partial charge in [0.2, 0.25) is 11.8 Å². The molecule has 0 aromatic carbocycles. The molecule has 2 N–H and O–H groups in total. The highest BCUT2D eigenvalue weighted by molar-refractivity contribution is 5.78. The SMILES string of the molecule is CC(C)c1nc2c(c(C(F)(F)F)n1)CCN(C(=O)C[C@H](N)CN1C[C@H](C)CCC1=O)C2. The largest absolute Gasteiger partial charge is 0.433 e. The molecule has 31 heavy (non-hydrogen) atoms. The maximum atomic E-state index is 13.5. The van der Waals surface area contributed by atoms with Gasteiger partial charge in [-0.25, -0.2) is 9.97 Å². The molecule has 0 saturated carbocycles. The van der Waals surface area contributed by atoms with Crippen molar-refractivity contribution in [3.8, 4) is 0 Å². The number of nitrogens with zero attached hydrogens (tertiary/aromatic N) is 4. The number of piperidine rings is 1. The normalized spacial score (nSPS) is 20.8. The Morgan fingerprint density at radius 1 is 1.26 bits per heavy atom. The number of aromatic nitrogens is 2. The lowest BCUT2D eigenvalue weighted by molar-refractivity contribution is -0.142. The predicted molar refractivity (Wildman–Crippen MR) is 108 cm³/mol. The quantitative estimate of drug-likeness (QED) is 0.758. The summed E-state index contributed by atoms with van der Waals surface area (Å²) < 4.78 is 40.5. The lowest BCUT2D eigenvalue weighted by Gasteiger charge is -2.34. The van der Waals surface area contributed by atoms with E-state index in [-0.39, 0.29) is 60.7 Å². The Bertz CT molecular complexity index is 843. The first kappa shape index (κ1) is 23.4. The molecule has 1 aromatic rings. The number of nitrogens with two attached hydrogens (primary N) is 1. The molecular weight excluding hydrogens is 411 g/mol. The van der Waals surface area contributed by atoms with Crippen molar-refractivity contribution in [3.63, 3.8) is 0 Å². The molecule has 0 bridgehead atoms. The second kappa shape index (κ2) is 9.10. The molecule has 3 rings (SSSR count). The number of alkyl halides is 3. The molecule has 10 heteroatoms. The lowest BCUT2D eigenvalue weighted by Crippen LogP contribution is -2.48. The van der Waals surface area contributed by atoms with E-state index in [1.165, 1.54) is 4.90 Å². The number of rotatable bonds is 5. The van der Waals surface area contributed by atoms with Gasteiger partial charge in [-0.05, 0) is 18.8 Å². The topological polar surface area (TPSA) is 92.4 Å². The van der Waals surface area contributed by atoms with Gasteiger partial charge >= 0.3 is 6.18 Å². The molecule has 1 saturated heterocycles. The van der Waals surface area contributed by atoms with Crippen LogP contribution in [-0.4, -0.2) is 57.3 Å². The monoisotopic (exact) mass is 441 g/mol. The number of fused-ring (bicyclic) bond motifs is 1. The van der Waals surface area contributed by atoms with Gasteiger partial charge in [0, 0.05) is 50.0 Å². The highest BCUT2D eigenvalue weighted by Gasteiger charge is 2.39. The van der Waals surface area contributed by atoms with Crippen LogP contribution in [0, 0.1) is 5.92 Å². The van der Waals surface area contributed by atoms with Crippen molar-refractivity contribution < 1.29 is 22.8 Å². The fourth-order valence-corrected chi connectivity index (χ4v) is 4.13.